The second-order valence-corrected chi connectivity index (χ2v) is 11.1. The largest absolute Gasteiger partial charge is 0.470 e. The van der Waals surface area contributed by atoms with Crippen LogP contribution in [-0.2, 0) is 22.6 Å². The van der Waals surface area contributed by atoms with Gasteiger partial charge in [-0.15, -0.1) is 11.3 Å². The molecule has 0 radical (unpaired) electrons. The Morgan fingerprint density at radius 2 is 1.82 bits per heavy atom. The van der Waals surface area contributed by atoms with Gasteiger partial charge >= 0.3 is 0 Å². The van der Waals surface area contributed by atoms with E-state index in [1.165, 1.54) is 0 Å². The summed E-state index contributed by atoms with van der Waals surface area (Å²) >= 11 is 5.03. The van der Waals surface area contributed by atoms with E-state index in [0.717, 1.165) is 54.4 Å². The first-order valence-electron chi connectivity index (χ1n) is 12.6. The molecule has 0 saturated carbocycles. The SMILES string of the molecule is Nc1nc(OCc2cc(Br)cs2)c2ncn(CCCCCCCCO[C@@H]3O[C@@H](CO)[C@H](O)[C@@H](O)[C@@H]3O)c2n1. The highest BCUT2D eigenvalue weighted by molar-refractivity contribution is 9.10. The minimum atomic E-state index is -1.42. The van der Waals surface area contributed by atoms with Crippen molar-refractivity contribution in [2.75, 3.05) is 18.9 Å². The number of aromatic nitrogens is 4. The molecule has 3 aromatic heterocycles. The highest BCUT2D eigenvalue weighted by Gasteiger charge is 2.43. The van der Waals surface area contributed by atoms with Crippen molar-refractivity contribution in [3.8, 4) is 5.88 Å². The fraction of sp³-hybridized carbons (Fsp3) is 0.625. The Labute approximate surface area is 232 Å². The number of ether oxygens (including phenoxy) is 3. The highest BCUT2D eigenvalue weighted by atomic mass is 79.9. The number of halogens is 1. The van der Waals surface area contributed by atoms with Gasteiger partial charge in [0.25, 0.3) is 0 Å². The smallest absolute Gasteiger partial charge is 0.247 e. The molecular weight excluding hydrogens is 582 g/mol. The zero-order valence-corrected chi connectivity index (χ0v) is 23.3. The minimum Gasteiger partial charge on any atom is -0.470 e. The van der Waals surface area contributed by atoms with Crippen LogP contribution in [0.25, 0.3) is 11.2 Å². The molecule has 1 aliphatic rings. The highest BCUT2D eigenvalue weighted by Crippen LogP contribution is 2.26. The third kappa shape index (κ3) is 7.39. The lowest BCUT2D eigenvalue weighted by Crippen LogP contribution is -2.59. The summed E-state index contributed by atoms with van der Waals surface area (Å²) < 4.78 is 19.7. The number of hydrogen-bond donors (Lipinski definition) is 5. The maximum Gasteiger partial charge on any atom is 0.247 e. The molecule has 3 aromatic rings. The number of thiophene rings is 1. The van der Waals surface area contributed by atoms with Crippen molar-refractivity contribution in [2.45, 2.75) is 82.4 Å². The van der Waals surface area contributed by atoms with Crippen molar-refractivity contribution in [3.05, 3.63) is 27.1 Å². The molecule has 0 bridgehead atoms. The summed E-state index contributed by atoms with van der Waals surface area (Å²) in [7, 11) is 0. The van der Waals surface area contributed by atoms with Gasteiger partial charge in [0.05, 0.1) is 12.9 Å². The number of aliphatic hydroxyl groups is 4. The lowest BCUT2D eigenvalue weighted by molar-refractivity contribution is -0.301. The first kappa shape index (κ1) is 29.1. The average molecular weight is 617 g/mol. The van der Waals surface area contributed by atoms with E-state index in [4.69, 9.17) is 19.9 Å². The third-order valence-corrected chi connectivity index (χ3v) is 8.02. The molecule has 12 nitrogen and oxygen atoms in total. The van der Waals surface area contributed by atoms with Crippen LogP contribution in [0.2, 0.25) is 0 Å². The van der Waals surface area contributed by atoms with Gasteiger partial charge in [0, 0.05) is 27.9 Å². The van der Waals surface area contributed by atoms with Crippen LogP contribution < -0.4 is 10.5 Å². The predicted molar refractivity (Wildman–Crippen MR) is 144 cm³/mol. The molecule has 0 spiro atoms. The topological polar surface area (TPSA) is 178 Å². The summed E-state index contributed by atoms with van der Waals surface area (Å²) in [5, 5.41) is 40.9. The van der Waals surface area contributed by atoms with Crippen LogP contribution in [0.4, 0.5) is 5.95 Å². The molecule has 0 aliphatic carbocycles. The number of fused-ring (bicyclic) bond motifs is 1. The summed E-state index contributed by atoms with van der Waals surface area (Å²) in [6.45, 7) is 1.01. The van der Waals surface area contributed by atoms with Gasteiger partial charge in [-0.2, -0.15) is 9.97 Å². The van der Waals surface area contributed by atoms with Crippen molar-refractivity contribution < 1.29 is 34.6 Å². The van der Waals surface area contributed by atoms with Gasteiger partial charge in [0.1, 0.15) is 31.0 Å². The van der Waals surface area contributed by atoms with Crippen LogP contribution in [0.3, 0.4) is 0 Å². The van der Waals surface area contributed by atoms with E-state index in [1.807, 2.05) is 16.0 Å². The summed E-state index contributed by atoms with van der Waals surface area (Å²) in [6.07, 6.45) is 1.31. The zero-order valence-electron chi connectivity index (χ0n) is 20.9. The number of nitrogen functional groups attached to an aromatic ring is 1. The Bertz CT molecular complexity index is 1160. The van der Waals surface area contributed by atoms with Crippen molar-refractivity contribution in [1.29, 1.82) is 0 Å². The second kappa shape index (κ2) is 13.9. The van der Waals surface area contributed by atoms with E-state index in [2.05, 4.69) is 30.9 Å². The molecule has 6 N–H and O–H groups in total. The number of rotatable bonds is 14. The maximum atomic E-state index is 10.00. The Morgan fingerprint density at radius 3 is 2.55 bits per heavy atom. The molecule has 4 heterocycles. The van der Waals surface area contributed by atoms with E-state index >= 15 is 0 Å². The first-order chi connectivity index (χ1) is 18.4. The number of anilines is 1. The Morgan fingerprint density at radius 1 is 1.05 bits per heavy atom. The Balaban J connectivity index is 1.14. The van der Waals surface area contributed by atoms with Crippen LogP contribution in [0.5, 0.6) is 5.88 Å². The second-order valence-electron chi connectivity index (χ2n) is 9.21. The van der Waals surface area contributed by atoms with Crippen LogP contribution in [-0.4, -0.2) is 83.9 Å². The molecule has 0 unspecified atom stereocenters. The number of nitrogens with zero attached hydrogens (tertiary/aromatic N) is 4. The lowest BCUT2D eigenvalue weighted by atomic mass is 9.99. The van der Waals surface area contributed by atoms with E-state index in [-0.39, 0.29) is 5.95 Å². The number of hydrogen-bond acceptors (Lipinski definition) is 12. The van der Waals surface area contributed by atoms with Crippen LogP contribution >= 0.6 is 27.3 Å². The quantitative estimate of drug-likeness (QED) is 0.167. The summed E-state index contributed by atoms with van der Waals surface area (Å²) in [5.74, 6) is 0.522. The van der Waals surface area contributed by atoms with Crippen LogP contribution in [0.15, 0.2) is 22.2 Å². The fourth-order valence-corrected chi connectivity index (χ4v) is 5.63. The molecule has 0 amide bonds. The molecule has 0 aromatic carbocycles. The number of aryl methyl sites for hydroxylation is 1. The summed E-state index contributed by atoms with van der Waals surface area (Å²) in [6, 6.07) is 2.00. The van der Waals surface area contributed by atoms with Crippen LogP contribution in [0, 0.1) is 0 Å². The van der Waals surface area contributed by atoms with Gasteiger partial charge in [-0.05, 0) is 34.8 Å². The predicted octanol–water partition coefficient (Wildman–Crippen LogP) is 1.97. The molecule has 14 heteroatoms. The Kier molecular flexibility index (Phi) is 10.7. The van der Waals surface area contributed by atoms with Crippen molar-refractivity contribution >= 4 is 44.4 Å². The fourth-order valence-electron chi connectivity index (χ4n) is 4.26. The molecule has 38 heavy (non-hydrogen) atoms. The summed E-state index contributed by atoms with van der Waals surface area (Å²) in [5.41, 5.74) is 7.18. The Hall–Kier alpha value is -1.91. The van der Waals surface area contributed by atoms with Crippen molar-refractivity contribution in [1.82, 2.24) is 19.5 Å². The molecular formula is C24H34BrN5O7S. The van der Waals surface area contributed by atoms with E-state index < -0.39 is 37.3 Å². The standard InChI is InChI=1S/C24H34BrN5O7S/c25-14-9-15(38-12-14)11-36-22-17-21(28-24(26)29-22)30(13-27-17)7-5-3-1-2-4-6-8-35-23-20(34)19(33)18(32)16(10-31)37-23/h9,12-13,16,18-20,23,31-34H,1-8,10-11H2,(H2,26,28,29)/t16-,18-,19+,20-,23+/m0/s1. The minimum absolute atomic E-state index is 0.146. The lowest BCUT2D eigenvalue weighted by Gasteiger charge is -2.39. The van der Waals surface area contributed by atoms with Gasteiger partial charge in [-0.1, -0.05) is 25.7 Å². The number of aliphatic hydroxyl groups excluding tert-OH is 4. The van der Waals surface area contributed by atoms with Gasteiger partial charge in [0.15, 0.2) is 17.5 Å². The monoisotopic (exact) mass is 615 g/mol. The summed E-state index contributed by atoms with van der Waals surface area (Å²) in [4.78, 5) is 14.1. The molecule has 4 rings (SSSR count). The first-order valence-corrected chi connectivity index (χ1v) is 14.3. The molecule has 1 aliphatic heterocycles. The molecule has 5 atom stereocenters. The number of unbranched alkanes of at least 4 members (excludes halogenated alkanes) is 5. The zero-order chi connectivity index (χ0) is 27.1. The van der Waals surface area contributed by atoms with E-state index in [1.54, 1.807) is 17.7 Å². The maximum absolute atomic E-state index is 10.00. The van der Waals surface area contributed by atoms with E-state index in [0.29, 0.717) is 30.3 Å². The van der Waals surface area contributed by atoms with Crippen molar-refractivity contribution in [2.24, 2.45) is 0 Å². The number of imidazole rings is 1. The average Bonchev–Trinajstić information content (AvgIpc) is 3.51. The normalized spacial score (nSPS) is 23.8. The van der Waals surface area contributed by atoms with Gasteiger partial charge in [-0.3, -0.25) is 0 Å². The van der Waals surface area contributed by atoms with Crippen molar-refractivity contribution in [3.63, 3.8) is 0 Å². The molecule has 1 fully saturated rings. The van der Waals surface area contributed by atoms with E-state index in [9.17, 15) is 20.4 Å². The third-order valence-electron chi connectivity index (χ3n) is 6.35. The van der Waals surface area contributed by atoms with Gasteiger partial charge in [0.2, 0.25) is 11.8 Å². The number of nitrogens with two attached hydrogens (primary N) is 1. The molecule has 1 saturated heterocycles. The van der Waals surface area contributed by atoms with Gasteiger partial charge < -0.3 is 44.9 Å². The molecule has 210 valence electrons. The van der Waals surface area contributed by atoms with Gasteiger partial charge in [-0.25, -0.2) is 4.98 Å². The van der Waals surface area contributed by atoms with Crippen LogP contribution in [0.1, 0.15) is 43.4 Å².